The number of aromatic nitrogens is 1. The average Bonchev–Trinajstić information content (AvgIpc) is 2.95. The number of rotatable bonds is 7. The van der Waals surface area contributed by atoms with Crippen LogP contribution in [-0.2, 0) is 16.0 Å². The van der Waals surface area contributed by atoms with Crippen LogP contribution in [0.15, 0.2) is 28.7 Å². The lowest BCUT2D eigenvalue weighted by Gasteiger charge is -2.17. The lowest BCUT2D eigenvalue weighted by Crippen LogP contribution is -2.37. The Morgan fingerprint density at radius 2 is 2.20 bits per heavy atom. The van der Waals surface area contributed by atoms with E-state index in [1.165, 1.54) is 0 Å². The number of hydrogen-bond acceptors (Lipinski definition) is 6. The topological polar surface area (TPSA) is 63.6 Å². The van der Waals surface area contributed by atoms with Gasteiger partial charge in [-0.2, -0.15) is 5.10 Å². The van der Waals surface area contributed by atoms with Gasteiger partial charge in [-0.15, -0.1) is 11.3 Å². The number of nitrogens with zero attached hydrogens (tertiary/aromatic N) is 2. The molecule has 0 spiro atoms. The monoisotopic (exact) mass is 374 g/mol. The second kappa shape index (κ2) is 8.10. The van der Waals surface area contributed by atoms with Gasteiger partial charge in [0.25, 0.3) is 0 Å². The number of hydrazone groups is 1. The molecule has 0 unspecified atom stereocenters. The number of benzene rings is 1. The van der Waals surface area contributed by atoms with Gasteiger partial charge in [0.1, 0.15) is 5.82 Å². The summed E-state index contributed by atoms with van der Waals surface area (Å²) in [6.07, 6.45) is 0.732. The lowest BCUT2D eigenvalue weighted by atomic mass is 9.77. The van der Waals surface area contributed by atoms with E-state index >= 15 is 0 Å². The van der Waals surface area contributed by atoms with Crippen molar-refractivity contribution in [2.75, 3.05) is 12.0 Å². The number of carbonyl (C=O) groups excluding carboxylic acids is 1. The van der Waals surface area contributed by atoms with Crippen molar-refractivity contribution in [3.63, 3.8) is 0 Å². The second-order valence-corrected chi connectivity index (χ2v) is 5.67. The minimum absolute atomic E-state index is 0.0240. The number of esters is 1. The first-order chi connectivity index (χ1) is 11.8. The number of halogens is 4. The number of anilines is 1. The molecule has 2 rings (SSSR count). The molecule has 0 radical (unpaired) electrons. The van der Waals surface area contributed by atoms with Gasteiger partial charge in [-0.25, -0.2) is 9.37 Å². The highest BCUT2D eigenvalue weighted by Crippen LogP contribution is 2.17. The fourth-order valence-corrected chi connectivity index (χ4v) is 2.59. The normalized spacial score (nSPS) is 11.7. The molecule has 0 aliphatic rings. The molecule has 0 saturated heterocycles. The molecule has 1 aromatic heterocycles. The van der Waals surface area contributed by atoms with E-state index in [-0.39, 0.29) is 18.2 Å². The number of ether oxygens (including phenoxy) is 1. The molecule has 11 heteroatoms. The predicted octanol–water partition coefficient (Wildman–Crippen LogP) is 2.89. The van der Waals surface area contributed by atoms with Crippen LogP contribution in [0, 0.1) is 5.82 Å². The Morgan fingerprint density at radius 3 is 2.88 bits per heavy atom. The number of hydrogen-bond donors (Lipinski definition) is 1. The van der Waals surface area contributed by atoms with Crippen molar-refractivity contribution < 1.29 is 26.9 Å². The van der Waals surface area contributed by atoms with E-state index in [4.69, 9.17) is 4.74 Å². The molecule has 5 nitrogen and oxygen atoms in total. The van der Waals surface area contributed by atoms with Gasteiger partial charge in [-0.1, -0.05) is 17.6 Å². The predicted molar refractivity (Wildman–Crippen MR) is 88.8 cm³/mol. The summed E-state index contributed by atoms with van der Waals surface area (Å²) in [5.41, 5.74) is 1.15. The fraction of sp³-hybridized carbons (Fsp3) is 0.214. The van der Waals surface area contributed by atoms with E-state index in [1.807, 2.05) is 0 Å². The van der Waals surface area contributed by atoms with Crippen molar-refractivity contribution >= 4 is 41.1 Å². The van der Waals surface area contributed by atoms with Gasteiger partial charge in [0.2, 0.25) is 5.13 Å². The van der Waals surface area contributed by atoms with E-state index in [9.17, 15) is 22.1 Å². The third-order valence-electron chi connectivity index (χ3n) is 2.98. The zero-order chi connectivity index (χ0) is 18.4. The Balaban J connectivity index is 2.07. The fourth-order valence-electron chi connectivity index (χ4n) is 1.93. The van der Waals surface area contributed by atoms with Gasteiger partial charge >= 0.3 is 12.9 Å². The Bertz CT molecular complexity index is 780. The van der Waals surface area contributed by atoms with Crippen molar-refractivity contribution in [1.82, 2.24) is 4.98 Å². The molecule has 0 bridgehead atoms. The molecular weight excluding hydrogens is 361 g/mol. The Kier molecular flexibility index (Phi) is 6.13. The largest absolute Gasteiger partial charge is 0.510 e. The van der Waals surface area contributed by atoms with Crippen LogP contribution in [0.5, 0.6) is 0 Å². The van der Waals surface area contributed by atoms with E-state index in [0.29, 0.717) is 5.69 Å². The molecule has 0 aliphatic carbocycles. The van der Waals surface area contributed by atoms with Crippen molar-refractivity contribution in [2.24, 2.45) is 5.10 Å². The van der Waals surface area contributed by atoms with E-state index in [0.717, 1.165) is 35.8 Å². The first kappa shape index (κ1) is 18.9. The summed E-state index contributed by atoms with van der Waals surface area (Å²) in [6.45, 7) is -3.43. The highest BCUT2D eigenvalue weighted by Gasteiger charge is 2.29. The van der Waals surface area contributed by atoms with E-state index in [2.05, 4.69) is 15.5 Å². The molecule has 1 aromatic carbocycles. The summed E-state index contributed by atoms with van der Waals surface area (Å²) >= 11 is 1.10. The first-order valence-corrected chi connectivity index (χ1v) is 8.06. The minimum Gasteiger partial charge on any atom is -0.466 e. The number of nitrogens with one attached hydrogen (secondary N) is 1. The summed E-state index contributed by atoms with van der Waals surface area (Å²) < 4.78 is 57.2. The maximum atomic E-state index is 13.7. The standard InChI is InChI=1S/C14H13BF4N3O2S/c1-2-24-13(23)6-9-8-25-14(21-9)22-20-7-10-11(15(17,18)19)4-3-5-12(10)16/h3-5,7-8H,2,6H2,1H3,(H,21,22)/q-1. The van der Waals surface area contributed by atoms with Crippen LogP contribution in [-0.4, -0.2) is 30.8 Å². The molecule has 2 aromatic rings. The Labute approximate surface area is 144 Å². The second-order valence-electron chi connectivity index (χ2n) is 4.81. The molecule has 0 aliphatic heterocycles. The average molecular weight is 374 g/mol. The summed E-state index contributed by atoms with van der Waals surface area (Å²) in [4.78, 5) is 15.4. The van der Waals surface area contributed by atoms with Crippen LogP contribution < -0.4 is 10.9 Å². The van der Waals surface area contributed by atoms with Crippen molar-refractivity contribution in [2.45, 2.75) is 13.3 Å². The highest BCUT2D eigenvalue weighted by molar-refractivity contribution is 7.13. The zero-order valence-corrected chi connectivity index (χ0v) is 13.8. The van der Waals surface area contributed by atoms with Crippen molar-refractivity contribution in [3.8, 4) is 0 Å². The van der Waals surface area contributed by atoms with Crippen LogP contribution >= 0.6 is 11.3 Å². The van der Waals surface area contributed by atoms with Crippen LogP contribution in [0.2, 0.25) is 0 Å². The van der Waals surface area contributed by atoms with Crippen LogP contribution in [0.25, 0.3) is 0 Å². The molecule has 0 saturated carbocycles. The van der Waals surface area contributed by atoms with Crippen LogP contribution in [0.3, 0.4) is 0 Å². The third kappa shape index (κ3) is 5.28. The van der Waals surface area contributed by atoms with Crippen molar-refractivity contribution in [3.05, 3.63) is 40.7 Å². The molecule has 0 atom stereocenters. The maximum absolute atomic E-state index is 13.7. The molecule has 1 heterocycles. The molecule has 25 heavy (non-hydrogen) atoms. The van der Waals surface area contributed by atoms with Gasteiger partial charge in [-0.05, 0) is 13.0 Å². The quantitative estimate of drug-likeness (QED) is 0.266. The lowest BCUT2D eigenvalue weighted by molar-refractivity contribution is -0.142. The van der Waals surface area contributed by atoms with Crippen molar-refractivity contribution in [1.29, 1.82) is 0 Å². The van der Waals surface area contributed by atoms with Gasteiger partial charge in [0.15, 0.2) is 0 Å². The molecule has 1 N–H and O–H groups in total. The Hall–Kier alpha value is -2.43. The summed E-state index contributed by atoms with van der Waals surface area (Å²) in [5.74, 6) is -1.46. The minimum atomic E-state index is -5.37. The van der Waals surface area contributed by atoms with Crippen LogP contribution in [0.4, 0.5) is 22.5 Å². The molecule has 134 valence electrons. The number of thiazole rings is 1. The van der Waals surface area contributed by atoms with E-state index < -0.39 is 29.8 Å². The first-order valence-electron chi connectivity index (χ1n) is 7.18. The SMILES string of the molecule is CCOC(=O)Cc1csc(NN=Cc2c(F)cccc2[B-](F)(F)F)n1. The Morgan fingerprint density at radius 1 is 1.44 bits per heavy atom. The summed E-state index contributed by atoms with van der Waals surface area (Å²) in [5, 5.41) is 5.44. The van der Waals surface area contributed by atoms with Crippen LogP contribution in [0.1, 0.15) is 18.2 Å². The van der Waals surface area contributed by atoms with Gasteiger partial charge in [-0.3, -0.25) is 10.2 Å². The third-order valence-corrected chi connectivity index (χ3v) is 3.77. The highest BCUT2D eigenvalue weighted by atomic mass is 32.1. The number of carbonyl (C=O) groups is 1. The molecule has 0 amide bonds. The molecule has 0 fully saturated rings. The smallest absolute Gasteiger partial charge is 0.466 e. The van der Waals surface area contributed by atoms with E-state index in [1.54, 1.807) is 12.3 Å². The van der Waals surface area contributed by atoms with Gasteiger partial charge in [0, 0.05) is 10.9 Å². The summed E-state index contributed by atoms with van der Waals surface area (Å²) in [6, 6.07) is 2.71. The van der Waals surface area contributed by atoms with Gasteiger partial charge < -0.3 is 17.7 Å². The maximum Gasteiger partial charge on any atom is 0.510 e. The summed E-state index contributed by atoms with van der Waals surface area (Å²) in [7, 11) is 0. The zero-order valence-electron chi connectivity index (χ0n) is 13.0. The molecular formula is C14H13BF4N3O2S-. The van der Waals surface area contributed by atoms with Gasteiger partial charge in [0.05, 0.1) is 24.9 Å².